The highest BCUT2D eigenvalue weighted by atomic mass is 16.6. The summed E-state index contributed by atoms with van der Waals surface area (Å²) in [4.78, 5) is 0. The first-order valence-corrected chi connectivity index (χ1v) is 4.85. The van der Waals surface area contributed by atoms with Gasteiger partial charge in [0.15, 0.2) is 6.29 Å². The Hall–Kier alpha value is -1.02. The van der Waals surface area contributed by atoms with Crippen LogP contribution in [0.15, 0.2) is 24.3 Å². The molecule has 78 valence electrons. The van der Waals surface area contributed by atoms with E-state index < -0.39 is 6.29 Å². The van der Waals surface area contributed by atoms with Crippen LogP contribution in [0.2, 0.25) is 0 Å². The maximum Gasteiger partial charge on any atom is 0.194 e. The van der Waals surface area contributed by atoms with Crippen molar-refractivity contribution in [3.63, 3.8) is 0 Å². The maximum atomic E-state index is 9.08. The van der Waals surface area contributed by atoms with E-state index in [4.69, 9.17) is 9.84 Å². The summed E-state index contributed by atoms with van der Waals surface area (Å²) >= 11 is 0. The average Bonchev–Trinajstić information content (AvgIpc) is 2.01. The lowest BCUT2D eigenvalue weighted by Gasteiger charge is -2.20. The molecule has 0 heterocycles. The highest BCUT2D eigenvalue weighted by molar-refractivity contribution is 5.32. The highest BCUT2D eigenvalue weighted by Crippen LogP contribution is 2.25. The van der Waals surface area contributed by atoms with E-state index in [2.05, 4.69) is 26.8 Å². The van der Waals surface area contributed by atoms with Crippen molar-refractivity contribution in [3.8, 4) is 5.75 Å². The van der Waals surface area contributed by atoms with Crippen LogP contribution < -0.4 is 4.74 Å². The molecule has 0 aliphatic heterocycles. The summed E-state index contributed by atoms with van der Waals surface area (Å²) in [5.74, 6) is 0.715. The average molecular weight is 194 g/mol. The second-order valence-electron chi connectivity index (χ2n) is 4.49. The van der Waals surface area contributed by atoms with Crippen LogP contribution >= 0.6 is 0 Å². The molecule has 0 saturated heterocycles. The summed E-state index contributed by atoms with van der Waals surface area (Å²) < 4.78 is 5.21. The lowest BCUT2D eigenvalue weighted by Crippen LogP contribution is -2.13. The monoisotopic (exact) mass is 194 g/mol. The van der Waals surface area contributed by atoms with Gasteiger partial charge in [-0.05, 0) is 30.0 Å². The number of benzene rings is 1. The van der Waals surface area contributed by atoms with Crippen LogP contribution in [0.4, 0.5) is 0 Å². The Labute approximate surface area is 85.5 Å². The van der Waals surface area contributed by atoms with Crippen molar-refractivity contribution in [3.05, 3.63) is 29.8 Å². The summed E-state index contributed by atoms with van der Waals surface area (Å²) in [7, 11) is 0. The molecule has 0 saturated carbocycles. The molecule has 1 aromatic carbocycles. The maximum absolute atomic E-state index is 9.08. The molecule has 0 spiro atoms. The van der Waals surface area contributed by atoms with Crippen molar-refractivity contribution in [2.45, 2.75) is 39.4 Å². The van der Waals surface area contributed by atoms with E-state index in [9.17, 15) is 0 Å². The summed E-state index contributed by atoms with van der Waals surface area (Å²) in [5.41, 5.74) is 1.31. The fourth-order valence-electron chi connectivity index (χ4n) is 1.23. The number of hydrogen-bond acceptors (Lipinski definition) is 2. The van der Waals surface area contributed by atoms with Crippen LogP contribution in [0.1, 0.15) is 33.3 Å². The van der Waals surface area contributed by atoms with Crippen molar-refractivity contribution >= 4 is 0 Å². The zero-order valence-corrected chi connectivity index (χ0v) is 9.24. The Morgan fingerprint density at radius 3 is 2.43 bits per heavy atom. The zero-order chi connectivity index (χ0) is 10.8. The molecule has 0 aromatic heterocycles. The van der Waals surface area contributed by atoms with Crippen molar-refractivity contribution in [1.82, 2.24) is 0 Å². The SMILES string of the molecule is CC(O)Oc1cccc(C(C)(C)C)c1. The number of ether oxygens (including phenoxy) is 1. The Morgan fingerprint density at radius 2 is 1.93 bits per heavy atom. The number of aliphatic hydroxyl groups is 1. The molecule has 0 fully saturated rings. The van der Waals surface area contributed by atoms with Gasteiger partial charge in [-0.15, -0.1) is 0 Å². The van der Waals surface area contributed by atoms with Gasteiger partial charge >= 0.3 is 0 Å². The summed E-state index contributed by atoms with van der Waals surface area (Å²) in [5, 5.41) is 9.08. The Balaban J connectivity index is 2.90. The van der Waals surface area contributed by atoms with E-state index in [1.807, 2.05) is 18.2 Å². The van der Waals surface area contributed by atoms with Crippen LogP contribution in [0.5, 0.6) is 5.75 Å². The molecule has 0 aliphatic carbocycles. The smallest absolute Gasteiger partial charge is 0.194 e. The third kappa shape index (κ3) is 3.04. The molecule has 14 heavy (non-hydrogen) atoms. The topological polar surface area (TPSA) is 29.5 Å². The predicted molar refractivity (Wildman–Crippen MR) is 57.5 cm³/mol. The van der Waals surface area contributed by atoms with Gasteiger partial charge in [-0.2, -0.15) is 0 Å². The first-order valence-electron chi connectivity index (χ1n) is 4.85. The molecule has 0 aliphatic rings. The number of aliphatic hydroxyl groups excluding tert-OH is 1. The van der Waals surface area contributed by atoms with Crippen LogP contribution in [-0.4, -0.2) is 11.4 Å². The van der Waals surface area contributed by atoms with E-state index >= 15 is 0 Å². The lowest BCUT2D eigenvalue weighted by molar-refractivity contribution is -0.000390. The first-order chi connectivity index (χ1) is 6.39. The molecule has 1 unspecified atom stereocenters. The van der Waals surface area contributed by atoms with E-state index in [0.717, 1.165) is 0 Å². The largest absolute Gasteiger partial charge is 0.465 e. The Bertz CT molecular complexity index is 297. The zero-order valence-electron chi connectivity index (χ0n) is 9.24. The van der Waals surface area contributed by atoms with E-state index in [1.54, 1.807) is 6.92 Å². The second kappa shape index (κ2) is 4.01. The minimum Gasteiger partial charge on any atom is -0.465 e. The molecule has 0 amide bonds. The molecule has 0 bridgehead atoms. The lowest BCUT2D eigenvalue weighted by atomic mass is 9.87. The number of rotatable bonds is 2. The molecule has 1 rings (SSSR count). The first kappa shape index (κ1) is 11.1. The standard InChI is InChI=1S/C12H18O2/c1-9(13)14-11-7-5-6-10(8-11)12(2,3)4/h5-9,13H,1-4H3. The van der Waals surface area contributed by atoms with E-state index in [0.29, 0.717) is 5.75 Å². The fraction of sp³-hybridized carbons (Fsp3) is 0.500. The van der Waals surface area contributed by atoms with Gasteiger partial charge in [0.2, 0.25) is 0 Å². The van der Waals surface area contributed by atoms with Gasteiger partial charge in [-0.25, -0.2) is 0 Å². The van der Waals surface area contributed by atoms with Crippen molar-refractivity contribution < 1.29 is 9.84 Å². The molecular formula is C12H18O2. The molecule has 1 aromatic rings. The fourth-order valence-corrected chi connectivity index (χ4v) is 1.23. The van der Waals surface area contributed by atoms with Crippen LogP contribution in [0, 0.1) is 0 Å². The summed E-state index contributed by atoms with van der Waals surface area (Å²) in [6.07, 6.45) is -0.759. The van der Waals surface area contributed by atoms with Crippen molar-refractivity contribution in [2.24, 2.45) is 0 Å². The van der Waals surface area contributed by atoms with Gasteiger partial charge in [-0.3, -0.25) is 0 Å². The van der Waals surface area contributed by atoms with Gasteiger partial charge in [0, 0.05) is 0 Å². The molecule has 0 radical (unpaired) electrons. The summed E-state index contributed by atoms with van der Waals surface area (Å²) in [6.45, 7) is 8.04. The van der Waals surface area contributed by atoms with E-state index in [-0.39, 0.29) is 5.41 Å². The van der Waals surface area contributed by atoms with Gasteiger partial charge < -0.3 is 9.84 Å². The number of hydrogen-bond donors (Lipinski definition) is 1. The second-order valence-corrected chi connectivity index (χ2v) is 4.49. The van der Waals surface area contributed by atoms with Crippen LogP contribution in [0.25, 0.3) is 0 Å². The predicted octanol–water partition coefficient (Wildman–Crippen LogP) is 2.70. The Kier molecular flexibility index (Phi) is 3.17. The van der Waals surface area contributed by atoms with Crippen molar-refractivity contribution in [1.29, 1.82) is 0 Å². The quantitative estimate of drug-likeness (QED) is 0.733. The molecular weight excluding hydrogens is 176 g/mol. The molecule has 2 nitrogen and oxygen atoms in total. The van der Waals surface area contributed by atoms with Gasteiger partial charge in [-0.1, -0.05) is 32.9 Å². The third-order valence-corrected chi connectivity index (χ3v) is 2.01. The molecule has 1 atom stereocenters. The minimum absolute atomic E-state index is 0.109. The van der Waals surface area contributed by atoms with Gasteiger partial charge in [0.05, 0.1) is 0 Å². The third-order valence-electron chi connectivity index (χ3n) is 2.01. The molecule has 1 N–H and O–H groups in total. The highest BCUT2D eigenvalue weighted by Gasteiger charge is 2.14. The summed E-state index contributed by atoms with van der Waals surface area (Å²) in [6, 6.07) is 7.82. The Morgan fingerprint density at radius 1 is 1.29 bits per heavy atom. The normalized spacial score (nSPS) is 13.8. The van der Waals surface area contributed by atoms with Gasteiger partial charge in [0.25, 0.3) is 0 Å². The van der Waals surface area contributed by atoms with Crippen molar-refractivity contribution in [2.75, 3.05) is 0 Å². The van der Waals surface area contributed by atoms with Crippen LogP contribution in [-0.2, 0) is 5.41 Å². The molecule has 2 heteroatoms. The minimum atomic E-state index is -0.759. The van der Waals surface area contributed by atoms with Crippen LogP contribution in [0.3, 0.4) is 0 Å². The van der Waals surface area contributed by atoms with E-state index in [1.165, 1.54) is 5.56 Å². The van der Waals surface area contributed by atoms with Gasteiger partial charge in [0.1, 0.15) is 5.75 Å².